The number of benzene rings is 1. The Bertz CT molecular complexity index is 693. The summed E-state index contributed by atoms with van der Waals surface area (Å²) in [6.07, 6.45) is 0.693. The van der Waals surface area contributed by atoms with Crippen molar-refractivity contribution in [2.24, 2.45) is 5.92 Å². The van der Waals surface area contributed by atoms with E-state index in [0.29, 0.717) is 25.1 Å². The molecule has 1 aromatic carbocycles. The summed E-state index contributed by atoms with van der Waals surface area (Å²) in [4.78, 5) is 14.2. The molecule has 0 aliphatic carbocycles. The third kappa shape index (κ3) is 5.32. The predicted molar refractivity (Wildman–Crippen MR) is 92.9 cm³/mol. The fourth-order valence-corrected chi connectivity index (χ4v) is 3.43. The number of hydrogen-bond donors (Lipinski definition) is 1. The van der Waals surface area contributed by atoms with Gasteiger partial charge >= 0.3 is 0 Å². The second kappa shape index (κ2) is 8.81. The first-order valence-electron chi connectivity index (χ1n) is 8.06. The van der Waals surface area contributed by atoms with Crippen LogP contribution in [0.25, 0.3) is 0 Å². The van der Waals surface area contributed by atoms with Crippen LogP contribution in [-0.2, 0) is 10.0 Å². The van der Waals surface area contributed by atoms with Gasteiger partial charge in [0.25, 0.3) is 5.91 Å². The summed E-state index contributed by atoms with van der Waals surface area (Å²) in [6.45, 7) is 8.13. The lowest BCUT2D eigenvalue weighted by molar-refractivity contribution is 0.0752. The largest absolute Gasteiger partial charge is 0.338 e. The molecule has 1 N–H and O–H groups in total. The highest BCUT2D eigenvalue weighted by molar-refractivity contribution is 7.89. The lowest BCUT2D eigenvalue weighted by Crippen LogP contribution is -2.34. The van der Waals surface area contributed by atoms with E-state index in [9.17, 15) is 13.2 Å². The number of nitrogens with one attached hydrogen (secondary N) is 1. The van der Waals surface area contributed by atoms with Crippen molar-refractivity contribution >= 4 is 15.9 Å². The quantitative estimate of drug-likeness (QED) is 0.778. The van der Waals surface area contributed by atoms with Gasteiger partial charge in [0.05, 0.1) is 16.9 Å². The summed E-state index contributed by atoms with van der Waals surface area (Å²) in [5, 5.41) is 8.89. The third-order valence-corrected chi connectivity index (χ3v) is 5.37. The molecule has 0 spiro atoms. The third-order valence-electron chi connectivity index (χ3n) is 3.76. The van der Waals surface area contributed by atoms with E-state index in [1.54, 1.807) is 18.7 Å². The molecule has 0 aliphatic rings. The van der Waals surface area contributed by atoms with Gasteiger partial charge in [-0.3, -0.25) is 4.79 Å². The molecule has 0 heterocycles. The number of amides is 1. The maximum atomic E-state index is 12.5. The number of carbonyl (C=O) groups excluding carboxylic acids is 1. The van der Waals surface area contributed by atoms with Crippen molar-refractivity contribution in [3.8, 4) is 6.07 Å². The van der Waals surface area contributed by atoms with Crippen molar-refractivity contribution in [3.05, 3.63) is 29.8 Å². The molecular weight excluding hydrogens is 326 g/mol. The Balaban J connectivity index is 2.94. The topological polar surface area (TPSA) is 90.3 Å². The van der Waals surface area contributed by atoms with Gasteiger partial charge in [0.1, 0.15) is 0 Å². The van der Waals surface area contributed by atoms with E-state index in [4.69, 9.17) is 5.26 Å². The summed E-state index contributed by atoms with van der Waals surface area (Å²) < 4.78 is 27.0. The molecular formula is C17H25N3O3S. The number of sulfonamides is 1. The van der Waals surface area contributed by atoms with Crippen LogP contribution in [0.1, 0.15) is 44.5 Å². The van der Waals surface area contributed by atoms with Gasteiger partial charge in [-0.2, -0.15) is 5.26 Å². The fraction of sp³-hybridized carbons (Fsp3) is 0.529. The minimum atomic E-state index is -3.58. The summed E-state index contributed by atoms with van der Waals surface area (Å²) >= 11 is 0. The Labute approximate surface area is 144 Å². The smallest absolute Gasteiger partial charge is 0.253 e. The highest BCUT2D eigenvalue weighted by Gasteiger charge is 2.19. The standard InChI is InChI=1S/C17H25N3O3S/c1-5-14(4)19-24(22,23)16-9-7-15(8-10-16)17(21)20(6-2)12-13(3)11-18/h7-10,13-14,19H,5-6,12H2,1-4H3. The van der Waals surface area contributed by atoms with Crippen LogP contribution in [-0.4, -0.2) is 38.4 Å². The molecule has 0 saturated carbocycles. The van der Waals surface area contributed by atoms with Gasteiger partial charge in [-0.1, -0.05) is 6.92 Å². The van der Waals surface area contributed by atoms with E-state index in [1.807, 2.05) is 13.8 Å². The molecule has 0 aliphatic heterocycles. The second-order valence-electron chi connectivity index (χ2n) is 5.83. The van der Waals surface area contributed by atoms with Gasteiger partial charge in [-0.05, 0) is 51.5 Å². The number of carbonyl (C=O) groups is 1. The van der Waals surface area contributed by atoms with Crippen LogP contribution in [0.3, 0.4) is 0 Å². The first kappa shape index (κ1) is 20.1. The van der Waals surface area contributed by atoms with Gasteiger partial charge in [0.2, 0.25) is 10.0 Å². The molecule has 0 saturated heterocycles. The summed E-state index contributed by atoms with van der Waals surface area (Å²) in [5.41, 5.74) is 0.407. The fourth-order valence-electron chi connectivity index (χ4n) is 2.10. The molecule has 0 aromatic heterocycles. The SMILES string of the molecule is CCC(C)NS(=O)(=O)c1ccc(C(=O)N(CC)CC(C)C#N)cc1. The number of nitrogens with zero attached hydrogens (tertiary/aromatic N) is 2. The maximum absolute atomic E-state index is 12.5. The molecule has 7 heteroatoms. The zero-order chi connectivity index (χ0) is 18.3. The van der Waals surface area contributed by atoms with Crippen LogP contribution in [0.5, 0.6) is 0 Å². The minimum absolute atomic E-state index is 0.132. The normalized spacial score (nSPS) is 13.8. The Morgan fingerprint density at radius 1 is 1.25 bits per heavy atom. The second-order valence-corrected chi connectivity index (χ2v) is 7.54. The van der Waals surface area contributed by atoms with E-state index < -0.39 is 10.0 Å². The van der Waals surface area contributed by atoms with E-state index >= 15 is 0 Å². The average Bonchev–Trinajstić information content (AvgIpc) is 2.58. The molecule has 1 aromatic rings. The van der Waals surface area contributed by atoms with Gasteiger partial charge < -0.3 is 4.90 Å². The van der Waals surface area contributed by atoms with Crippen molar-refractivity contribution in [2.75, 3.05) is 13.1 Å². The summed E-state index contributed by atoms with van der Waals surface area (Å²) in [6, 6.07) is 7.83. The van der Waals surface area contributed by atoms with Crippen molar-refractivity contribution in [3.63, 3.8) is 0 Å². The molecule has 2 atom stereocenters. The Morgan fingerprint density at radius 2 is 1.83 bits per heavy atom. The van der Waals surface area contributed by atoms with Crippen molar-refractivity contribution < 1.29 is 13.2 Å². The van der Waals surface area contributed by atoms with Crippen LogP contribution >= 0.6 is 0 Å². The zero-order valence-corrected chi connectivity index (χ0v) is 15.4. The molecule has 24 heavy (non-hydrogen) atoms. The summed E-state index contributed by atoms with van der Waals surface area (Å²) in [5.74, 6) is -0.466. The molecule has 2 unspecified atom stereocenters. The van der Waals surface area contributed by atoms with Crippen molar-refractivity contribution in [1.29, 1.82) is 5.26 Å². The highest BCUT2D eigenvalue weighted by Crippen LogP contribution is 2.14. The van der Waals surface area contributed by atoms with E-state index in [-0.39, 0.29) is 22.8 Å². The maximum Gasteiger partial charge on any atom is 0.253 e. The van der Waals surface area contributed by atoms with Crippen LogP contribution in [0.15, 0.2) is 29.2 Å². The monoisotopic (exact) mass is 351 g/mol. The van der Waals surface area contributed by atoms with E-state index in [0.717, 1.165) is 0 Å². The first-order valence-corrected chi connectivity index (χ1v) is 9.54. The molecule has 1 rings (SSSR count). The van der Waals surface area contributed by atoms with Crippen molar-refractivity contribution in [2.45, 2.75) is 45.1 Å². The molecule has 132 valence electrons. The Hall–Kier alpha value is -1.91. The first-order chi connectivity index (χ1) is 11.2. The molecule has 0 bridgehead atoms. The van der Waals surface area contributed by atoms with Gasteiger partial charge in [-0.15, -0.1) is 0 Å². The van der Waals surface area contributed by atoms with Crippen LogP contribution < -0.4 is 4.72 Å². The number of rotatable bonds is 8. The minimum Gasteiger partial charge on any atom is -0.338 e. The lowest BCUT2D eigenvalue weighted by Gasteiger charge is -2.22. The zero-order valence-electron chi connectivity index (χ0n) is 14.6. The summed E-state index contributed by atoms with van der Waals surface area (Å²) in [7, 11) is -3.58. The molecule has 6 nitrogen and oxygen atoms in total. The molecule has 0 fully saturated rings. The van der Waals surface area contributed by atoms with Gasteiger partial charge in [0, 0.05) is 24.7 Å². The van der Waals surface area contributed by atoms with Crippen LogP contribution in [0.2, 0.25) is 0 Å². The van der Waals surface area contributed by atoms with E-state index in [1.165, 1.54) is 24.3 Å². The van der Waals surface area contributed by atoms with E-state index in [2.05, 4.69) is 10.8 Å². The Morgan fingerprint density at radius 3 is 2.29 bits per heavy atom. The van der Waals surface area contributed by atoms with Gasteiger partial charge in [0.15, 0.2) is 0 Å². The van der Waals surface area contributed by atoms with Gasteiger partial charge in [-0.25, -0.2) is 13.1 Å². The number of hydrogen-bond acceptors (Lipinski definition) is 4. The number of nitriles is 1. The average molecular weight is 351 g/mol. The predicted octanol–water partition coefficient (Wildman–Crippen LogP) is 2.39. The molecule has 1 amide bonds. The highest BCUT2D eigenvalue weighted by atomic mass is 32.2. The van der Waals surface area contributed by atoms with Crippen molar-refractivity contribution in [1.82, 2.24) is 9.62 Å². The molecule has 0 radical (unpaired) electrons. The Kier molecular flexibility index (Phi) is 7.39. The lowest BCUT2D eigenvalue weighted by atomic mass is 10.1. The van der Waals surface area contributed by atoms with Crippen LogP contribution in [0.4, 0.5) is 0 Å². The van der Waals surface area contributed by atoms with Crippen LogP contribution in [0, 0.1) is 17.2 Å².